The van der Waals surface area contributed by atoms with Crippen LogP contribution >= 0.6 is 7.82 Å². The number of hydrogen-bond donors (Lipinski definition) is 3. The number of ether oxygens (including phenoxy) is 2. The average Bonchev–Trinajstić information content (AvgIpc) is 3.14. The van der Waals surface area contributed by atoms with Crippen LogP contribution in [0.4, 0.5) is 0 Å². The van der Waals surface area contributed by atoms with E-state index >= 15 is 0 Å². The Morgan fingerprint density at radius 1 is 0.547 bits per heavy atom. The molecular formula is C42H81O10P. The Balaban J connectivity index is 4.24. The summed E-state index contributed by atoms with van der Waals surface area (Å²) in [6.45, 7) is 2.37. The van der Waals surface area contributed by atoms with Gasteiger partial charge in [0.05, 0.1) is 19.8 Å². The van der Waals surface area contributed by atoms with E-state index in [-0.39, 0.29) is 19.4 Å². The van der Waals surface area contributed by atoms with Crippen molar-refractivity contribution < 1.29 is 47.8 Å². The predicted molar refractivity (Wildman–Crippen MR) is 215 cm³/mol. The molecule has 3 atom stereocenters. The van der Waals surface area contributed by atoms with Gasteiger partial charge in [-0.05, 0) is 38.5 Å². The van der Waals surface area contributed by atoms with E-state index in [1.165, 1.54) is 109 Å². The third kappa shape index (κ3) is 38.8. The van der Waals surface area contributed by atoms with Gasteiger partial charge in [-0.1, -0.05) is 167 Å². The molecule has 0 fully saturated rings. The van der Waals surface area contributed by atoms with Crippen LogP contribution in [0.2, 0.25) is 0 Å². The van der Waals surface area contributed by atoms with Crippen molar-refractivity contribution in [2.45, 2.75) is 219 Å². The second-order valence-electron chi connectivity index (χ2n) is 14.7. The first-order chi connectivity index (χ1) is 25.7. The summed E-state index contributed by atoms with van der Waals surface area (Å²) in [6.07, 6.45) is 36.1. The molecule has 0 bridgehead atoms. The number of carbonyl (C=O) groups is 2. The van der Waals surface area contributed by atoms with Gasteiger partial charge < -0.3 is 24.6 Å². The molecule has 0 aromatic rings. The first-order valence-corrected chi connectivity index (χ1v) is 23.1. The number of allylic oxidation sites excluding steroid dienone is 2. The first-order valence-electron chi connectivity index (χ1n) is 21.6. The fraction of sp³-hybridized carbons (Fsp3) is 0.905. The van der Waals surface area contributed by atoms with E-state index in [0.717, 1.165) is 57.8 Å². The molecule has 11 heteroatoms. The lowest BCUT2D eigenvalue weighted by Crippen LogP contribution is -2.29. The molecule has 0 rings (SSSR count). The van der Waals surface area contributed by atoms with Gasteiger partial charge in [0, 0.05) is 12.8 Å². The fourth-order valence-electron chi connectivity index (χ4n) is 6.05. The summed E-state index contributed by atoms with van der Waals surface area (Å²) in [4.78, 5) is 34.9. The molecule has 314 valence electrons. The molecular weight excluding hydrogens is 695 g/mol. The van der Waals surface area contributed by atoms with Gasteiger partial charge in [0.15, 0.2) is 6.10 Å². The Hall–Kier alpha value is -1.29. The molecule has 1 unspecified atom stereocenters. The largest absolute Gasteiger partial charge is 0.472 e. The molecule has 0 aliphatic rings. The number of carbonyl (C=O) groups excluding carboxylic acids is 2. The normalized spacial score (nSPS) is 14.0. The zero-order chi connectivity index (χ0) is 39.1. The molecule has 10 nitrogen and oxygen atoms in total. The monoisotopic (exact) mass is 777 g/mol. The molecule has 0 saturated carbocycles. The second-order valence-corrected chi connectivity index (χ2v) is 16.2. The Bertz CT molecular complexity index is 899. The fourth-order valence-corrected chi connectivity index (χ4v) is 6.84. The van der Waals surface area contributed by atoms with Crippen molar-refractivity contribution in [3.05, 3.63) is 12.2 Å². The quantitative estimate of drug-likeness (QED) is 0.0237. The van der Waals surface area contributed by atoms with E-state index < -0.39 is 51.8 Å². The van der Waals surface area contributed by atoms with Crippen molar-refractivity contribution in [3.8, 4) is 0 Å². The summed E-state index contributed by atoms with van der Waals surface area (Å²) >= 11 is 0. The number of unbranched alkanes of at least 4 members (excludes halogenated alkanes) is 25. The van der Waals surface area contributed by atoms with Crippen LogP contribution in [0.15, 0.2) is 12.2 Å². The van der Waals surface area contributed by atoms with E-state index in [9.17, 15) is 24.2 Å². The lowest BCUT2D eigenvalue weighted by molar-refractivity contribution is -0.161. The summed E-state index contributed by atoms with van der Waals surface area (Å²) in [5.74, 6) is -0.926. The third-order valence-electron chi connectivity index (χ3n) is 9.42. The lowest BCUT2D eigenvalue weighted by atomic mass is 10.0. The molecule has 0 aromatic heterocycles. The number of phosphoric ester groups is 1. The maximum atomic E-state index is 12.6. The standard InChI is InChI=1S/C42H81O10P/c1-3-5-7-9-11-13-15-17-18-19-20-21-22-24-26-28-30-32-34-42(46)52-40(38-51-53(47,48)50-36-39(44)35-43)37-49-41(45)33-31-29-27-25-23-16-14-12-10-8-6-4-2/h12,14,39-40,43-44H,3-11,13,15-38H2,1-2H3,(H,47,48)/b14-12+/t39-,40+/m0/s1. The van der Waals surface area contributed by atoms with Gasteiger partial charge in [0.1, 0.15) is 12.7 Å². The zero-order valence-corrected chi connectivity index (χ0v) is 34.9. The molecule has 0 spiro atoms. The number of rotatable bonds is 41. The van der Waals surface area contributed by atoms with E-state index in [0.29, 0.717) is 12.8 Å². The Kier molecular flexibility index (Phi) is 38.0. The first kappa shape index (κ1) is 51.7. The molecule has 3 N–H and O–H groups in total. The number of esters is 2. The molecule has 0 radical (unpaired) electrons. The van der Waals surface area contributed by atoms with Crippen molar-refractivity contribution in [2.75, 3.05) is 26.4 Å². The molecule has 0 aliphatic carbocycles. The van der Waals surface area contributed by atoms with Gasteiger partial charge in [-0.15, -0.1) is 0 Å². The van der Waals surface area contributed by atoms with E-state index in [1.807, 2.05) is 0 Å². The van der Waals surface area contributed by atoms with Gasteiger partial charge in [-0.3, -0.25) is 18.6 Å². The van der Waals surface area contributed by atoms with Crippen LogP contribution in [-0.4, -0.2) is 65.7 Å². The summed E-state index contributed by atoms with van der Waals surface area (Å²) in [5.41, 5.74) is 0. The van der Waals surface area contributed by atoms with Crippen molar-refractivity contribution in [1.82, 2.24) is 0 Å². The van der Waals surface area contributed by atoms with Crippen molar-refractivity contribution in [2.24, 2.45) is 0 Å². The van der Waals surface area contributed by atoms with Crippen LogP contribution in [0, 0.1) is 0 Å². The SMILES string of the molecule is CCCCC/C=C/CCCCCCCC(=O)OC[C@H](COP(=O)(O)OC[C@@H](O)CO)OC(=O)CCCCCCCCCCCCCCCCCCCC. The predicted octanol–water partition coefficient (Wildman–Crippen LogP) is 11.2. The van der Waals surface area contributed by atoms with Crippen molar-refractivity contribution in [3.63, 3.8) is 0 Å². The minimum Gasteiger partial charge on any atom is -0.462 e. The van der Waals surface area contributed by atoms with Crippen LogP contribution in [0.3, 0.4) is 0 Å². The summed E-state index contributed by atoms with van der Waals surface area (Å²) in [6, 6.07) is 0. The van der Waals surface area contributed by atoms with E-state index in [1.54, 1.807) is 0 Å². The second kappa shape index (κ2) is 39.0. The number of aliphatic hydroxyl groups is 2. The Morgan fingerprint density at radius 3 is 1.40 bits per heavy atom. The molecule has 0 aliphatic heterocycles. The molecule has 0 aromatic carbocycles. The summed E-state index contributed by atoms with van der Waals surface area (Å²) < 4.78 is 32.7. The maximum Gasteiger partial charge on any atom is 0.472 e. The Morgan fingerprint density at radius 2 is 0.925 bits per heavy atom. The van der Waals surface area contributed by atoms with Crippen LogP contribution in [0.5, 0.6) is 0 Å². The highest BCUT2D eigenvalue weighted by Crippen LogP contribution is 2.43. The molecule has 53 heavy (non-hydrogen) atoms. The molecule has 0 heterocycles. The highest BCUT2D eigenvalue weighted by molar-refractivity contribution is 7.47. The number of aliphatic hydroxyl groups excluding tert-OH is 2. The van der Waals surface area contributed by atoms with E-state index in [4.69, 9.17) is 19.1 Å². The minimum atomic E-state index is -4.61. The van der Waals surface area contributed by atoms with Gasteiger partial charge in [-0.25, -0.2) is 4.57 Å². The topological polar surface area (TPSA) is 149 Å². The molecule has 0 saturated heterocycles. The summed E-state index contributed by atoms with van der Waals surface area (Å²) in [7, 11) is -4.61. The zero-order valence-electron chi connectivity index (χ0n) is 34.0. The van der Waals surface area contributed by atoms with Crippen LogP contribution < -0.4 is 0 Å². The highest BCUT2D eigenvalue weighted by atomic mass is 31.2. The third-order valence-corrected chi connectivity index (χ3v) is 10.4. The number of hydrogen-bond acceptors (Lipinski definition) is 9. The average molecular weight is 777 g/mol. The van der Waals surface area contributed by atoms with Gasteiger partial charge in [0.2, 0.25) is 0 Å². The van der Waals surface area contributed by atoms with Gasteiger partial charge >= 0.3 is 19.8 Å². The Labute approximate surface area is 324 Å². The maximum absolute atomic E-state index is 12.6. The van der Waals surface area contributed by atoms with Crippen LogP contribution in [0.25, 0.3) is 0 Å². The smallest absolute Gasteiger partial charge is 0.462 e. The lowest BCUT2D eigenvalue weighted by Gasteiger charge is -2.20. The van der Waals surface area contributed by atoms with Crippen LogP contribution in [-0.2, 0) is 32.7 Å². The molecule has 0 amide bonds. The van der Waals surface area contributed by atoms with Crippen molar-refractivity contribution >= 4 is 19.8 Å². The summed E-state index contributed by atoms with van der Waals surface area (Å²) in [5, 5.41) is 18.3. The number of phosphoric acid groups is 1. The van der Waals surface area contributed by atoms with Crippen molar-refractivity contribution in [1.29, 1.82) is 0 Å². The van der Waals surface area contributed by atoms with Gasteiger partial charge in [0.25, 0.3) is 0 Å². The minimum absolute atomic E-state index is 0.188. The van der Waals surface area contributed by atoms with E-state index in [2.05, 4.69) is 30.5 Å². The highest BCUT2D eigenvalue weighted by Gasteiger charge is 2.27. The van der Waals surface area contributed by atoms with Gasteiger partial charge in [-0.2, -0.15) is 0 Å². The van der Waals surface area contributed by atoms with Crippen LogP contribution in [0.1, 0.15) is 206 Å².